The van der Waals surface area contributed by atoms with Gasteiger partial charge in [-0.3, -0.25) is 4.79 Å². The molecule has 0 heterocycles. The van der Waals surface area contributed by atoms with Crippen LogP contribution >= 0.6 is 15.9 Å². The quantitative estimate of drug-likeness (QED) is 0.670. The first-order valence-corrected chi connectivity index (χ1v) is 6.56. The minimum Gasteiger partial charge on any atom is -0.396 e. The molecule has 0 aliphatic rings. The lowest BCUT2D eigenvalue weighted by atomic mass is 9.97. The molecule has 0 aromatic heterocycles. The summed E-state index contributed by atoms with van der Waals surface area (Å²) >= 11 is 3.43. The number of carbonyl (C=O) groups is 1. The Balaban J connectivity index is 2.49. The van der Waals surface area contributed by atoms with Gasteiger partial charge >= 0.3 is 0 Å². The fraction of sp³-hybridized carbons (Fsp3) is 0.133. The monoisotopic (exact) mass is 321 g/mol. The van der Waals surface area contributed by atoms with Gasteiger partial charge in [0.25, 0.3) is 0 Å². The van der Waals surface area contributed by atoms with Crippen molar-refractivity contribution in [2.24, 2.45) is 0 Å². The van der Waals surface area contributed by atoms with Crippen LogP contribution in [-0.2, 0) is 0 Å². The zero-order valence-corrected chi connectivity index (χ0v) is 12.2. The first-order chi connectivity index (χ1) is 8.90. The Kier molecular flexibility index (Phi) is 3.71. The van der Waals surface area contributed by atoms with Crippen LogP contribution in [0.4, 0.5) is 10.1 Å². The molecule has 2 nitrogen and oxygen atoms in total. The van der Waals surface area contributed by atoms with Crippen LogP contribution in [0.25, 0.3) is 0 Å². The number of carbonyl (C=O) groups excluding carboxylic acids is 1. The molecule has 0 aliphatic carbocycles. The molecule has 0 bridgehead atoms. The maximum atomic E-state index is 13.1. The number of nitrogens with two attached hydrogens (primary N) is 1. The van der Waals surface area contributed by atoms with Crippen molar-refractivity contribution in [1.82, 2.24) is 0 Å². The maximum Gasteiger partial charge on any atom is 0.193 e. The first kappa shape index (κ1) is 13.7. The Bertz CT molecular complexity index is 667. The van der Waals surface area contributed by atoms with Crippen molar-refractivity contribution in [1.29, 1.82) is 0 Å². The normalized spacial score (nSPS) is 10.5. The molecule has 0 atom stereocenters. The van der Waals surface area contributed by atoms with Gasteiger partial charge in [0, 0.05) is 15.6 Å². The average molecular weight is 322 g/mol. The highest BCUT2D eigenvalue weighted by Crippen LogP contribution is 2.24. The second-order valence-corrected chi connectivity index (χ2v) is 5.34. The minimum absolute atomic E-state index is 0.0164. The summed E-state index contributed by atoms with van der Waals surface area (Å²) in [5, 5.41) is 0. The van der Waals surface area contributed by atoms with E-state index in [1.54, 1.807) is 0 Å². The fourth-order valence-electron chi connectivity index (χ4n) is 1.87. The molecule has 0 unspecified atom stereocenters. The maximum absolute atomic E-state index is 13.1. The van der Waals surface area contributed by atoms with Crippen molar-refractivity contribution in [2.75, 3.05) is 5.73 Å². The highest BCUT2D eigenvalue weighted by atomic mass is 79.9. The molecule has 0 radical (unpaired) electrons. The summed E-state index contributed by atoms with van der Waals surface area (Å²) < 4.78 is 14.1. The van der Waals surface area contributed by atoms with Gasteiger partial charge in [0.2, 0.25) is 0 Å². The van der Waals surface area contributed by atoms with Crippen LogP contribution in [-0.4, -0.2) is 5.78 Å². The topological polar surface area (TPSA) is 43.1 Å². The van der Waals surface area contributed by atoms with Crippen molar-refractivity contribution in [2.45, 2.75) is 13.8 Å². The van der Waals surface area contributed by atoms with Crippen LogP contribution in [0.1, 0.15) is 27.0 Å². The molecule has 2 N–H and O–H groups in total. The third kappa shape index (κ3) is 2.68. The van der Waals surface area contributed by atoms with Gasteiger partial charge in [0.05, 0.1) is 5.69 Å². The molecule has 0 saturated carbocycles. The Hall–Kier alpha value is -1.68. The Morgan fingerprint density at radius 1 is 1.16 bits per heavy atom. The summed E-state index contributed by atoms with van der Waals surface area (Å²) in [6, 6.07) is 7.75. The van der Waals surface area contributed by atoms with Crippen LogP contribution in [0.2, 0.25) is 0 Å². The SMILES string of the molecule is Cc1cc(C(=O)c2ccc(F)c(N)c2)c(C)cc1Br. The Labute approximate surface area is 119 Å². The number of halogens is 2. The molecule has 19 heavy (non-hydrogen) atoms. The summed E-state index contributed by atoms with van der Waals surface area (Å²) in [4.78, 5) is 12.4. The summed E-state index contributed by atoms with van der Waals surface area (Å²) in [6.45, 7) is 3.78. The molecule has 0 saturated heterocycles. The van der Waals surface area contributed by atoms with E-state index in [2.05, 4.69) is 15.9 Å². The van der Waals surface area contributed by atoms with Crippen LogP contribution < -0.4 is 5.73 Å². The minimum atomic E-state index is -0.514. The second-order valence-electron chi connectivity index (χ2n) is 4.48. The van der Waals surface area contributed by atoms with Gasteiger partial charge in [-0.15, -0.1) is 0 Å². The number of nitrogen functional groups attached to an aromatic ring is 1. The lowest BCUT2D eigenvalue weighted by Gasteiger charge is -2.09. The number of benzene rings is 2. The molecule has 0 amide bonds. The zero-order valence-electron chi connectivity index (χ0n) is 10.6. The van der Waals surface area contributed by atoms with Gasteiger partial charge < -0.3 is 5.73 Å². The number of hydrogen-bond acceptors (Lipinski definition) is 2. The molecule has 98 valence electrons. The van der Waals surface area contributed by atoms with E-state index >= 15 is 0 Å². The highest BCUT2D eigenvalue weighted by Gasteiger charge is 2.14. The van der Waals surface area contributed by atoms with E-state index in [4.69, 9.17) is 5.73 Å². The molecule has 2 aromatic carbocycles. The molecular weight excluding hydrogens is 309 g/mol. The third-order valence-corrected chi connectivity index (χ3v) is 3.86. The van der Waals surface area contributed by atoms with Crippen LogP contribution in [0.15, 0.2) is 34.8 Å². The fourth-order valence-corrected chi connectivity index (χ4v) is 2.32. The predicted molar refractivity (Wildman–Crippen MR) is 77.9 cm³/mol. The van der Waals surface area contributed by atoms with E-state index in [1.807, 2.05) is 26.0 Å². The van der Waals surface area contributed by atoms with E-state index in [0.717, 1.165) is 15.6 Å². The van der Waals surface area contributed by atoms with Crippen molar-refractivity contribution in [3.8, 4) is 0 Å². The first-order valence-electron chi connectivity index (χ1n) is 5.76. The smallest absolute Gasteiger partial charge is 0.193 e. The van der Waals surface area contributed by atoms with Gasteiger partial charge in [-0.05, 0) is 55.3 Å². The van der Waals surface area contributed by atoms with Crippen molar-refractivity contribution in [3.63, 3.8) is 0 Å². The summed E-state index contributed by atoms with van der Waals surface area (Å²) in [5.41, 5.74) is 8.32. The van der Waals surface area contributed by atoms with Crippen LogP contribution in [0.5, 0.6) is 0 Å². The van der Waals surface area contributed by atoms with Crippen molar-refractivity contribution >= 4 is 27.4 Å². The number of ketones is 1. The Morgan fingerprint density at radius 2 is 1.84 bits per heavy atom. The van der Waals surface area contributed by atoms with E-state index in [-0.39, 0.29) is 11.5 Å². The zero-order chi connectivity index (χ0) is 14.2. The van der Waals surface area contributed by atoms with Gasteiger partial charge in [-0.2, -0.15) is 0 Å². The van der Waals surface area contributed by atoms with E-state index in [0.29, 0.717) is 11.1 Å². The molecule has 4 heteroatoms. The standard InChI is InChI=1S/C15H13BrFNO/c1-8-6-12(16)9(2)5-11(8)15(19)10-3-4-13(17)14(18)7-10/h3-7H,18H2,1-2H3. The van der Waals surface area contributed by atoms with E-state index < -0.39 is 5.82 Å². The van der Waals surface area contributed by atoms with Gasteiger partial charge in [0.1, 0.15) is 5.82 Å². The van der Waals surface area contributed by atoms with Gasteiger partial charge in [0.15, 0.2) is 5.78 Å². The highest BCUT2D eigenvalue weighted by molar-refractivity contribution is 9.10. The molecule has 2 aromatic rings. The summed E-state index contributed by atoms with van der Waals surface area (Å²) in [6.07, 6.45) is 0. The number of anilines is 1. The third-order valence-electron chi connectivity index (χ3n) is 3.01. The molecule has 0 fully saturated rings. The summed E-state index contributed by atoms with van der Waals surface area (Å²) in [5.74, 6) is -0.667. The number of rotatable bonds is 2. The van der Waals surface area contributed by atoms with Gasteiger partial charge in [-0.1, -0.05) is 15.9 Å². The number of hydrogen-bond donors (Lipinski definition) is 1. The lowest BCUT2D eigenvalue weighted by Crippen LogP contribution is -2.06. The molecular formula is C15H13BrFNO. The number of aryl methyl sites for hydroxylation is 2. The average Bonchev–Trinajstić information content (AvgIpc) is 2.36. The summed E-state index contributed by atoms with van der Waals surface area (Å²) in [7, 11) is 0. The lowest BCUT2D eigenvalue weighted by molar-refractivity contribution is 0.103. The van der Waals surface area contributed by atoms with Crippen molar-refractivity contribution in [3.05, 3.63) is 62.9 Å². The molecule has 0 aliphatic heterocycles. The van der Waals surface area contributed by atoms with Crippen LogP contribution in [0, 0.1) is 19.7 Å². The van der Waals surface area contributed by atoms with Gasteiger partial charge in [-0.25, -0.2) is 4.39 Å². The molecule has 2 rings (SSSR count). The van der Waals surface area contributed by atoms with Crippen molar-refractivity contribution < 1.29 is 9.18 Å². The Morgan fingerprint density at radius 3 is 2.47 bits per heavy atom. The predicted octanol–water partition coefficient (Wildman–Crippen LogP) is 4.02. The molecule has 0 spiro atoms. The largest absolute Gasteiger partial charge is 0.396 e. The van der Waals surface area contributed by atoms with Crippen LogP contribution in [0.3, 0.4) is 0 Å². The van der Waals surface area contributed by atoms with E-state index in [1.165, 1.54) is 18.2 Å². The van der Waals surface area contributed by atoms with E-state index in [9.17, 15) is 9.18 Å². The second kappa shape index (κ2) is 5.13.